The van der Waals surface area contributed by atoms with Gasteiger partial charge in [-0.15, -0.1) is 0 Å². The molecule has 1 fully saturated rings. The van der Waals surface area contributed by atoms with E-state index in [-0.39, 0.29) is 5.69 Å². The predicted molar refractivity (Wildman–Crippen MR) is 73.6 cm³/mol. The number of rotatable bonds is 3. The molecule has 1 aliphatic carbocycles. The number of aromatic nitrogens is 2. The molecule has 3 rings (SSSR count). The highest BCUT2D eigenvalue weighted by Gasteiger charge is 2.19. The molecule has 0 aliphatic heterocycles. The number of hydrogen-bond acceptors (Lipinski definition) is 2. The van der Waals surface area contributed by atoms with E-state index in [4.69, 9.17) is 0 Å². The van der Waals surface area contributed by atoms with E-state index in [1.807, 2.05) is 0 Å². The van der Waals surface area contributed by atoms with Crippen LogP contribution >= 0.6 is 0 Å². The lowest BCUT2D eigenvalue weighted by Crippen LogP contribution is -2.41. The maximum atomic E-state index is 13.7. The van der Waals surface area contributed by atoms with Gasteiger partial charge in [-0.3, -0.25) is 14.2 Å². The normalized spacial score (nSPS) is 15.1. The van der Waals surface area contributed by atoms with Crippen LogP contribution in [0.2, 0.25) is 0 Å². The highest BCUT2D eigenvalue weighted by molar-refractivity contribution is 5.33. The Morgan fingerprint density at radius 3 is 2.50 bits per heavy atom. The average Bonchev–Trinajstić information content (AvgIpc) is 2.40. The van der Waals surface area contributed by atoms with Crippen molar-refractivity contribution in [2.45, 2.75) is 25.8 Å². The minimum Gasteiger partial charge on any atom is -0.309 e. The van der Waals surface area contributed by atoms with E-state index in [9.17, 15) is 14.0 Å². The lowest BCUT2D eigenvalue weighted by atomic mass is 9.85. The lowest BCUT2D eigenvalue weighted by Gasteiger charge is -2.25. The van der Waals surface area contributed by atoms with Crippen LogP contribution in [0.15, 0.2) is 46.2 Å². The molecule has 1 aromatic carbocycles. The summed E-state index contributed by atoms with van der Waals surface area (Å²) < 4.78 is 16.2. The van der Waals surface area contributed by atoms with E-state index in [0.29, 0.717) is 12.5 Å². The van der Waals surface area contributed by atoms with Gasteiger partial charge in [0.05, 0.1) is 5.69 Å². The van der Waals surface area contributed by atoms with Crippen molar-refractivity contribution in [3.05, 3.63) is 63.2 Å². The zero-order chi connectivity index (χ0) is 14.1. The first kappa shape index (κ1) is 12.8. The van der Waals surface area contributed by atoms with Crippen LogP contribution in [0.3, 0.4) is 0 Å². The molecular formula is C15H15FN2O2. The fourth-order valence-electron chi connectivity index (χ4n) is 2.44. The van der Waals surface area contributed by atoms with Crippen molar-refractivity contribution < 1.29 is 4.39 Å². The Morgan fingerprint density at radius 1 is 1.10 bits per heavy atom. The summed E-state index contributed by atoms with van der Waals surface area (Å²) >= 11 is 0. The lowest BCUT2D eigenvalue weighted by molar-refractivity contribution is 0.272. The summed E-state index contributed by atoms with van der Waals surface area (Å²) in [7, 11) is 0. The minimum absolute atomic E-state index is 0.102. The number of para-hydroxylation sites is 1. The van der Waals surface area contributed by atoms with Crippen LogP contribution in [0, 0.1) is 11.7 Å². The quantitative estimate of drug-likeness (QED) is 0.803. The molecule has 4 nitrogen and oxygen atoms in total. The molecule has 0 atom stereocenters. The maximum Gasteiger partial charge on any atom is 0.321 e. The monoisotopic (exact) mass is 274 g/mol. The summed E-state index contributed by atoms with van der Waals surface area (Å²) in [5, 5.41) is 0. The Labute approximate surface area is 115 Å². The van der Waals surface area contributed by atoms with Gasteiger partial charge >= 0.3 is 11.1 Å². The van der Waals surface area contributed by atoms with Gasteiger partial charge in [0.1, 0.15) is 5.82 Å². The van der Waals surface area contributed by atoms with Gasteiger partial charge in [0.25, 0.3) is 0 Å². The molecule has 0 unspecified atom stereocenters. The summed E-state index contributed by atoms with van der Waals surface area (Å²) in [5.74, 6) is -0.0397. The summed E-state index contributed by atoms with van der Waals surface area (Å²) in [6.07, 6.45) is 6.41. The van der Waals surface area contributed by atoms with E-state index < -0.39 is 16.9 Å². The number of nitrogens with zero attached hydrogens (tertiary/aromatic N) is 2. The predicted octanol–water partition coefficient (Wildman–Crippen LogP) is 1.94. The van der Waals surface area contributed by atoms with Crippen LogP contribution < -0.4 is 11.1 Å². The fraction of sp³-hybridized carbons (Fsp3) is 0.333. The second-order valence-electron chi connectivity index (χ2n) is 5.18. The Morgan fingerprint density at radius 2 is 1.85 bits per heavy atom. The Hall–Kier alpha value is -2.17. The molecule has 0 saturated heterocycles. The fourth-order valence-corrected chi connectivity index (χ4v) is 2.44. The van der Waals surface area contributed by atoms with Crippen molar-refractivity contribution in [2.75, 3.05) is 0 Å². The standard InChI is InChI=1S/C15H15FN2O2/c16-12-6-1-2-7-13(12)18-9-8-17(14(19)15(18)20)10-11-4-3-5-11/h1-2,6-9,11H,3-5,10H2. The molecule has 2 aromatic rings. The van der Waals surface area contributed by atoms with Crippen molar-refractivity contribution >= 4 is 0 Å². The van der Waals surface area contributed by atoms with E-state index in [2.05, 4.69) is 0 Å². The highest BCUT2D eigenvalue weighted by atomic mass is 19.1. The molecule has 0 radical (unpaired) electrons. The molecule has 104 valence electrons. The zero-order valence-corrected chi connectivity index (χ0v) is 11.0. The third-order valence-corrected chi connectivity index (χ3v) is 3.85. The Bertz CT molecular complexity index is 744. The largest absolute Gasteiger partial charge is 0.321 e. The molecule has 0 spiro atoms. The summed E-state index contributed by atoms with van der Waals surface area (Å²) in [5.41, 5.74) is -1.20. The van der Waals surface area contributed by atoms with Gasteiger partial charge in [0.15, 0.2) is 0 Å². The van der Waals surface area contributed by atoms with Crippen LogP contribution in [0.1, 0.15) is 19.3 Å². The Balaban J connectivity index is 2.02. The number of hydrogen-bond donors (Lipinski definition) is 0. The molecule has 1 aromatic heterocycles. The van der Waals surface area contributed by atoms with Gasteiger partial charge in [-0.25, -0.2) is 4.39 Å². The SMILES string of the molecule is O=c1c(=O)n(-c2ccccc2F)ccn1CC1CCC1. The maximum absolute atomic E-state index is 13.7. The summed E-state index contributed by atoms with van der Waals surface area (Å²) in [6.45, 7) is 0.576. The van der Waals surface area contributed by atoms with Gasteiger partial charge in [-0.2, -0.15) is 0 Å². The van der Waals surface area contributed by atoms with E-state index >= 15 is 0 Å². The van der Waals surface area contributed by atoms with Crippen molar-refractivity contribution in [3.63, 3.8) is 0 Å². The van der Waals surface area contributed by atoms with Crippen LogP contribution in [-0.4, -0.2) is 9.13 Å². The van der Waals surface area contributed by atoms with Gasteiger partial charge < -0.3 is 4.57 Å². The van der Waals surface area contributed by atoms with E-state index in [1.54, 1.807) is 18.3 Å². The molecule has 5 heteroatoms. The van der Waals surface area contributed by atoms with Crippen molar-refractivity contribution in [2.24, 2.45) is 5.92 Å². The van der Waals surface area contributed by atoms with Crippen LogP contribution in [0.25, 0.3) is 5.69 Å². The third-order valence-electron chi connectivity index (χ3n) is 3.85. The number of halogens is 1. The molecule has 0 amide bonds. The first-order chi connectivity index (χ1) is 9.66. The van der Waals surface area contributed by atoms with E-state index in [1.165, 1.54) is 29.3 Å². The third kappa shape index (κ3) is 2.19. The first-order valence-electron chi connectivity index (χ1n) is 6.74. The molecule has 1 saturated carbocycles. The molecule has 0 N–H and O–H groups in total. The minimum atomic E-state index is -0.711. The van der Waals surface area contributed by atoms with Crippen LogP contribution in [0.4, 0.5) is 4.39 Å². The van der Waals surface area contributed by atoms with Gasteiger partial charge in [-0.1, -0.05) is 18.6 Å². The van der Waals surface area contributed by atoms with Gasteiger partial charge in [0.2, 0.25) is 0 Å². The first-order valence-corrected chi connectivity index (χ1v) is 6.74. The molecule has 1 aliphatic rings. The molecular weight excluding hydrogens is 259 g/mol. The molecule has 1 heterocycles. The zero-order valence-electron chi connectivity index (χ0n) is 11.0. The topological polar surface area (TPSA) is 44.0 Å². The van der Waals surface area contributed by atoms with Gasteiger partial charge in [0, 0.05) is 18.9 Å². The average molecular weight is 274 g/mol. The Kier molecular flexibility index (Phi) is 3.26. The van der Waals surface area contributed by atoms with Crippen molar-refractivity contribution in [1.29, 1.82) is 0 Å². The van der Waals surface area contributed by atoms with Crippen LogP contribution in [0.5, 0.6) is 0 Å². The molecule has 0 bridgehead atoms. The second-order valence-corrected chi connectivity index (χ2v) is 5.18. The highest BCUT2D eigenvalue weighted by Crippen LogP contribution is 2.27. The van der Waals surface area contributed by atoms with Crippen LogP contribution in [-0.2, 0) is 6.54 Å². The smallest absolute Gasteiger partial charge is 0.309 e. The molecule has 20 heavy (non-hydrogen) atoms. The summed E-state index contributed by atoms with van der Waals surface area (Å²) in [6, 6.07) is 5.92. The van der Waals surface area contributed by atoms with Crippen molar-refractivity contribution in [3.8, 4) is 5.69 Å². The second kappa shape index (κ2) is 5.07. The number of benzene rings is 1. The summed E-state index contributed by atoms with van der Waals surface area (Å²) in [4.78, 5) is 24.1. The van der Waals surface area contributed by atoms with E-state index in [0.717, 1.165) is 17.4 Å². The van der Waals surface area contributed by atoms with Crippen molar-refractivity contribution in [1.82, 2.24) is 9.13 Å². The van der Waals surface area contributed by atoms with Gasteiger partial charge in [-0.05, 0) is 30.9 Å².